The summed E-state index contributed by atoms with van der Waals surface area (Å²) in [5.41, 5.74) is 2.27. The summed E-state index contributed by atoms with van der Waals surface area (Å²) in [5, 5.41) is 11.8. The molecular weight excluding hydrogens is 612 g/mol. The number of hydrogen-bond acceptors (Lipinski definition) is 10. The van der Waals surface area contributed by atoms with Crippen molar-refractivity contribution in [2.75, 3.05) is 0 Å². The van der Waals surface area contributed by atoms with Crippen molar-refractivity contribution in [1.29, 1.82) is 0 Å². The maximum Gasteiger partial charge on any atom is 0.355 e. The molecular formula is C25H17BrN4O7S2. The maximum absolute atomic E-state index is 13.6. The quantitative estimate of drug-likeness (QED) is 0.0938. The smallest absolute Gasteiger partial charge is 0.355 e. The number of esters is 2. The van der Waals surface area contributed by atoms with Gasteiger partial charge in [-0.25, -0.2) is 9.78 Å². The predicted molar refractivity (Wildman–Crippen MR) is 146 cm³/mol. The standard InChI is InChI=1S/C25H17BrN4O7S2/c1-13(31)37-20(19-10-28-17-5-3-2-4-16(17)27-24(28)39-19)25(26)22(33)29-18(12-38-23(25)29)21(32)36-11-14-6-8-15(9-7-14)30(34)35/h2-10,12,20,23H,11H2,1H3/t20?,23-,25?/m1/s1. The molecule has 2 aliphatic heterocycles. The van der Waals surface area contributed by atoms with Crippen LogP contribution in [0.2, 0.25) is 0 Å². The van der Waals surface area contributed by atoms with E-state index in [4.69, 9.17) is 9.47 Å². The van der Waals surface area contributed by atoms with Gasteiger partial charge in [0.1, 0.15) is 17.7 Å². The zero-order chi connectivity index (χ0) is 27.5. The lowest BCUT2D eigenvalue weighted by Crippen LogP contribution is -2.70. The van der Waals surface area contributed by atoms with E-state index in [0.717, 1.165) is 11.0 Å². The number of rotatable bonds is 7. The predicted octanol–water partition coefficient (Wildman–Crippen LogP) is 4.70. The second-order valence-corrected chi connectivity index (χ2v) is 12.1. The maximum atomic E-state index is 13.6. The van der Waals surface area contributed by atoms with Crippen LogP contribution in [0.5, 0.6) is 0 Å². The van der Waals surface area contributed by atoms with Crippen LogP contribution in [0.1, 0.15) is 23.5 Å². The lowest BCUT2D eigenvalue weighted by atomic mass is 9.90. The minimum Gasteiger partial charge on any atom is -0.456 e. The van der Waals surface area contributed by atoms with Crippen molar-refractivity contribution >= 4 is 78.6 Å². The molecule has 2 aliphatic rings. The summed E-state index contributed by atoms with van der Waals surface area (Å²) in [6.07, 6.45) is 0.847. The minimum atomic E-state index is -1.32. The molecule has 11 nitrogen and oxygen atoms in total. The summed E-state index contributed by atoms with van der Waals surface area (Å²) in [7, 11) is 0. The number of alkyl halides is 1. The number of imidazole rings is 1. The topological polar surface area (TPSA) is 133 Å². The monoisotopic (exact) mass is 628 g/mol. The molecule has 1 amide bonds. The van der Waals surface area contributed by atoms with Gasteiger partial charge in [0.15, 0.2) is 15.4 Å². The number of ether oxygens (including phenoxy) is 2. The van der Waals surface area contributed by atoms with E-state index in [1.165, 1.54) is 59.2 Å². The van der Waals surface area contributed by atoms with Gasteiger partial charge in [-0.1, -0.05) is 39.4 Å². The molecule has 6 rings (SSSR count). The number of fused-ring (bicyclic) bond motifs is 4. The van der Waals surface area contributed by atoms with Crippen molar-refractivity contribution < 1.29 is 28.8 Å². The van der Waals surface area contributed by atoms with Gasteiger partial charge >= 0.3 is 11.9 Å². The molecule has 0 N–H and O–H groups in total. The van der Waals surface area contributed by atoms with Crippen molar-refractivity contribution in [3.63, 3.8) is 0 Å². The van der Waals surface area contributed by atoms with Crippen molar-refractivity contribution in [1.82, 2.24) is 14.3 Å². The molecule has 0 saturated carbocycles. The number of nitro benzene ring substituents is 1. The van der Waals surface area contributed by atoms with Gasteiger partial charge in [-0.3, -0.25) is 29.0 Å². The molecule has 1 saturated heterocycles. The third-order valence-electron chi connectivity index (χ3n) is 6.39. The van der Waals surface area contributed by atoms with Crippen LogP contribution < -0.4 is 0 Å². The fraction of sp³-hybridized carbons (Fsp3) is 0.200. The Morgan fingerprint density at radius 3 is 2.69 bits per heavy atom. The number of carbonyl (C=O) groups excluding carboxylic acids is 3. The lowest BCUT2D eigenvalue weighted by Gasteiger charge is -2.51. The summed E-state index contributed by atoms with van der Waals surface area (Å²) in [4.78, 5) is 56.1. The number of aromatic nitrogens is 2. The molecule has 2 unspecified atom stereocenters. The van der Waals surface area contributed by atoms with Crippen LogP contribution in [-0.2, 0) is 30.5 Å². The summed E-state index contributed by atoms with van der Waals surface area (Å²) < 4.78 is 11.6. The van der Waals surface area contributed by atoms with Crippen molar-refractivity contribution in [3.05, 3.63) is 86.4 Å². The molecule has 0 aliphatic carbocycles. The molecule has 4 heterocycles. The number of halogens is 1. The minimum absolute atomic E-state index is 0.0699. The zero-order valence-electron chi connectivity index (χ0n) is 20.0. The Labute approximate surface area is 236 Å². The fourth-order valence-electron chi connectivity index (χ4n) is 4.54. The lowest BCUT2D eigenvalue weighted by molar-refractivity contribution is -0.384. The van der Waals surface area contributed by atoms with Crippen LogP contribution >= 0.6 is 39.0 Å². The van der Waals surface area contributed by atoms with Gasteiger partial charge in [0.05, 0.1) is 20.8 Å². The van der Waals surface area contributed by atoms with Crippen LogP contribution in [0.3, 0.4) is 0 Å². The van der Waals surface area contributed by atoms with Crippen LogP contribution in [-0.4, -0.2) is 46.8 Å². The van der Waals surface area contributed by atoms with Crippen molar-refractivity contribution in [2.45, 2.75) is 29.3 Å². The van der Waals surface area contributed by atoms with Crippen LogP contribution in [0, 0.1) is 10.1 Å². The first-order valence-electron chi connectivity index (χ1n) is 11.5. The number of non-ortho nitro benzene ring substituents is 1. The largest absolute Gasteiger partial charge is 0.456 e. The summed E-state index contributed by atoms with van der Waals surface area (Å²) in [6, 6.07) is 13.3. The number of amides is 1. The fourth-order valence-corrected chi connectivity index (χ4v) is 8.08. The van der Waals surface area contributed by atoms with E-state index in [2.05, 4.69) is 20.9 Å². The Bertz CT molecular complexity index is 1720. The third kappa shape index (κ3) is 4.10. The molecule has 2 aromatic carbocycles. The van der Waals surface area contributed by atoms with Crippen LogP contribution in [0.15, 0.2) is 65.8 Å². The Kier molecular flexibility index (Phi) is 6.19. The molecule has 39 heavy (non-hydrogen) atoms. The van der Waals surface area contributed by atoms with E-state index in [1.807, 2.05) is 34.9 Å². The van der Waals surface area contributed by atoms with Crippen LogP contribution in [0.25, 0.3) is 16.0 Å². The van der Waals surface area contributed by atoms with Gasteiger partial charge in [-0.05, 0) is 29.8 Å². The van der Waals surface area contributed by atoms with Gasteiger partial charge in [-0.15, -0.1) is 11.8 Å². The number of para-hydroxylation sites is 2. The third-order valence-corrected chi connectivity index (χ3v) is 10.1. The second kappa shape index (κ2) is 9.47. The van der Waals surface area contributed by atoms with Gasteiger partial charge in [-0.2, -0.15) is 0 Å². The number of nitrogens with zero attached hydrogens (tertiary/aromatic N) is 4. The number of thioether (sulfide) groups is 1. The number of β-lactam (4-membered cyclic amide) rings is 1. The number of thiazole rings is 1. The Morgan fingerprint density at radius 2 is 1.97 bits per heavy atom. The van der Waals surface area contributed by atoms with Gasteiger partial charge in [0, 0.05) is 30.7 Å². The first-order valence-corrected chi connectivity index (χ1v) is 14.1. The highest BCUT2D eigenvalue weighted by Gasteiger charge is 2.69. The van der Waals surface area contributed by atoms with E-state index < -0.39 is 38.6 Å². The first kappa shape index (κ1) is 25.5. The van der Waals surface area contributed by atoms with Gasteiger partial charge in [0.25, 0.3) is 11.6 Å². The second-order valence-electron chi connectivity index (χ2n) is 8.81. The SMILES string of the molecule is CC(=O)OC(c1cn2c(nc3ccccc32)s1)C1(Br)C(=O)N2C(C(=O)OCc3ccc([N+](=O)[O-])cc3)=CS[C@@H]21. The van der Waals surface area contributed by atoms with Crippen LogP contribution in [0.4, 0.5) is 5.69 Å². The van der Waals surface area contributed by atoms with E-state index >= 15 is 0 Å². The number of benzene rings is 2. The molecule has 198 valence electrons. The van der Waals surface area contributed by atoms with E-state index in [-0.39, 0.29) is 18.0 Å². The molecule has 14 heteroatoms. The highest BCUT2D eigenvalue weighted by Crippen LogP contribution is 2.58. The normalized spacial score (nSPS) is 20.9. The van der Waals surface area contributed by atoms with E-state index in [9.17, 15) is 24.5 Å². The molecule has 3 atom stereocenters. The first-order chi connectivity index (χ1) is 18.7. The number of carbonyl (C=O) groups is 3. The van der Waals surface area contributed by atoms with Crippen molar-refractivity contribution in [3.8, 4) is 0 Å². The number of nitro groups is 1. The highest BCUT2D eigenvalue weighted by molar-refractivity contribution is 9.10. The molecule has 0 bridgehead atoms. The Balaban J connectivity index is 1.22. The molecule has 1 fully saturated rings. The van der Waals surface area contributed by atoms with E-state index in [0.29, 0.717) is 15.4 Å². The Morgan fingerprint density at radius 1 is 1.23 bits per heavy atom. The molecule has 0 radical (unpaired) electrons. The average Bonchev–Trinajstić information content (AvgIpc) is 3.62. The summed E-state index contributed by atoms with van der Waals surface area (Å²) in [6.45, 7) is 1.16. The number of hydrogen-bond donors (Lipinski definition) is 0. The summed E-state index contributed by atoms with van der Waals surface area (Å²) in [5.74, 6) is -1.71. The van der Waals surface area contributed by atoms with Crippen molar-refractivity contribution in [2.24, 2.45) is 0 Å². The average molecular weight is 629 g/mol. The highest BCUT2D eigenvalue weighted by atomic mass is 79.9. The molecule has 2 aromatic heterocycles. The molecule has 0 spiro atoms. The zero-order valence-corrected chi connectivity index (χ0v) is 23.2. The van der Waals surface area contributed by atoms with Gasteiger partial charge in [0.2, 0.25) is 0 Å². The van der Waals surface area contributed by atoms with E-state index in [1.54, 1.807) is 5.41 Å². The molecule has 4 aromatic rings. The summed E-state index contributed by atoms with van der Waals surface area (Å²) >= 11 is 6.14. The Hall–Kier alpha value is -3.75. The van der Waals surface area contributed by atoms with Gasteiger partial charge < -0.3 is 9.47 Å².